The molecular weight excluding hydrogens is 857 g/mol. The Bertz CT molecular complexity index is 2790. The molecule has 16 nitrogen and oxygen atoms in total. The first-order valence-electron chi connectivity index (χ1n) is 20.8. The molecule has 0 saturated carbocycles. The fourth-order valence-electron chi connectivity index (χ4n) is 8.61. The number of methoxy groups -OCH3 is 2. The third-order valence-corrected chi connectivity index (χ3v) is 13.3. The monoisotopic (exact) mass is 904 g/mol. The topological polar surface area (TPSA) is 181 Å². The zero-order valence-corrected chi connectivity index (χ0v) is 38.1. The minimum atomic E-state index is -0.441. The van der Waals surface area contributed by atoms with E-state index >= 15 is 0 Å². The van der Waals surface area contributed by atoms with E-state index in [4.69, 9.17) is 44.4 Å². The maximum Gasteiger partial charge on any atom is 0.275 e. The van der Waals surface area contributed by atoms with Gasteiger partial charge in [-0.1, -0.05) is 0 Å². The summed E-state index contributed by atoms with van der Waals surface area (Å²) in [5, 5.41) is 27.2. The summed E-state index contributed by atoms with van der Waals surface area (Å²) >= 11 is 3.13. The average Bonchev–Trinajstić information content (AvgIpc) is 4.14. The fraction of sp³-hybridized carbons (Fsp3) is 0.370. The van der Waals surface area contributed by atoms with Crippen LogP contribution in [-0.4, -0.2) is 106 Å². The standard InChI is InChI=1S/C23H26N4O4S.C23H22N4O4S/c2*1-23(2)13-30-6-5-26(23)22(28)20-17-11-31-19-9-18(29-3)14(10-24)8-16(19)21(17)27(25-20)15-4-7-32-12-15/h4,7-9,12H,5-6,10-11,13,24H2,1-3H3;4,7-9,12H,5-6,11,13H2,1-3H3. The Labute approximate surface area is 378 Å². The van der Waals surface area contributed by atoms with Crippen LogP contribution in [0.2, 0.25) is 0 Å². The van der Waals surface area contributed by atoms with Crippen LogP contribution in [0.3, 0.4) is 0 Å². The largest absolute Gasteiger partial charge is 0.496 e. The van der Waals surface area contributed by atoms with E-state index in [0.717, 1.165) is 39.5 Å². The molecule has 0 aliphatic carbocycles. The molecule has 332 valence electrons. The first kappa shape index (κ1) is 43.0. The third-order valence-electron chi connectivity index (χ3n) is 11.9. The molecule has 0 bridgehead atoms. The smallest absolute Gasteiger partial charge is 0.275 e. The van der Waals surface area contributed by atoms with Crippen LogP contribution in [-0.2, 0) is 29.2 Å². The Balaban J connectivity index is 0.000000162. The van der Waals surface area contributed by atoms with E-state index in [0.29, 0.717) is 97.1 Å². The van der Waals surface area contributed by atoms with Crippen molar-refractivity contribution >= 4 is 34.5 Å². The Morgan fingerprint density at radius 3 is 1.67 bits per heavy atom. The van der Waals surface area contributed by atoms with Gasteiger partial charge in [-0.3, -0.25) is 9.59 Å². The number of nitrogens with two attached hydrogens (primary N) is 1. The first-order valence-corrected chi connectivity index (χ1v) is 22.7. The minimum absolute atomic E-state index is 0.108. The van der Waals surface area contributed by atoms with Gasteiger partial charge in [-0.05, 0) is 62.7 Å². The maximum absolute atomic E-state index is 13.7. The molecule has 2 saturated heterocycles. The summed E-state index contributed by atoms with van der Waals surface area (Å²) < 4.78 is 37.7. The van der Waals surface area contributed by atoms with E-state index in [1.54, 1.807) is 46.6 Å². The number of nitriles is 1. The summed E-state index contributed by atoms with van der Waals surface area (Å²) in [4.78, 5) is 31.1. The maximum atomic E-state index is 13.7. The van der Waals surface area contributed by atoms with Gasteiger partial charge in [-0.2, -0.15) is 38.1 Å². The first-order chi connectivity index (χ1) is 30.9. The van der Waals surface area contributed by atoms with Gasteiger partial charge < -0.3 is 44.0 Å². The van der Waals surface area contributed by atoms with Crippen LogP contribution in [0, 0.1) is 11.3 Å². The van der Waals surface area contributed by atoms with Crippen LogP contribution in [0.15, 0.2) is 57.9 Å². The number of rotatable bonds is 7. The quantitative estimate of drug-likeness (QED) is 0.177. The number of thiophene rings is 2. The van der Waals surface area contributed by atoms with E-state index in [2.05, 4.69) is 6.07 Å². The second-order valence-electron chi connectivity index (χ2n) is 16.9. The van der Waals surface area contributed by atoms with E-state index < -0.39 is 11.1 Å². The lowest BCUT2D eigenvalue weighted by molar-refractivity contribution is -0.0375. The van der Waals surface area contributed by atoms with Crippen molar-refractivity contribution in [2.75, 3.05) is 53.7 Å². The summed E-state index contributed by atoms with van der Waals surface area (Å²) in [6.45, 7) is 11.8. The number of benzene rings is 2. The molecule has 0 radical (unpaired) electrons. The van der Waals surface area contributed by atoms with Crippen molar-refractivity contribution in [1.29, 1.82) is 5.26 Å². The van der Waals surface area contributed by atoms with E-state index in [9.17, 15) is 14.9 Å². The lowest BCUT2D eigenvalue weighted by Crippen LogP contribution is -2.55. The van der Waals surface area contributed by atoms with E-state index in [1.807, 2.05) is 88.0 Å². The number of carbonyl (C=O) groups is 2. The summed E-state index contributed by atoms with van der Waals surface area (Å²) in [5.74, 6) is 2.15. The Morgan fingerprint density at radius 1 is 0.766 bits per heavy atom. The van der Waals surface area contributed by atoms with Gasteiger partial charge in [0.1, 0.15) is 42.3 Å². The van der Waals surface area contributed by atoms with Crippen LogP contribution in [0.25, 0.3) is 33.9 Å². The summed E-state index contributed by atoms with van der Waals surface area (Å²) in [5.41, 5.74) is 13.6. The predicted octanol–water partition coefficient (Wildman–Crippen LogP) is 6.84. The molecule has 2 aromatic carbocycles. The normalized spacial score (nSPS) is 16.7. The molecule has 2 amide bonds. The molecule has 2 fully saturated rings. The molecule has 8 heterocycles. The number of morpholine rings is 2. The average molecular weight is 905 g/mol. The number of fused-ring (bicyclic) bond motifs is 6. The molecule has 6 aromatic rings. The highest BCUT2D eigenvalue weighted by Crippen LogP contribution is 2.46. The Morgan fingerprint density at radius 2 is 1.25 bits per heavy atom. The van der Waals surface area contributed by atoms with Crippen LogP contribution < -0.4 is 24.7 Å². The third kappa shape index (κ3) is 7.46. The van der Waals surface area contributed by atoms with Gasteiger partial charge in [0, 0.05) is 70.3 Å². The van der Waals surface area contributed by atoms with Gasteiger partial charge in [-0.25, -0.2) is 9.36 Å². The van der Waals surface area contributed by atoms with Crippen molar-refractivity contribution in [1.82, 2.24) is 29.4 Å². The van der Waals surface area contributed by atoms with Gasteiger partial charge in [-0.15, -0.1) is 0 Å². The second-order valence-corrected chi connectivity index (χ2v) is 18.4. The molecule has 2 N–H and O–H groups in total. The zero-order valence-electron chi connectivity index (χ0n) is 36.4. The number of amides is 2. The fourth-order valence-corrected chi connectivity index (χ4v) is 9.84. The van der Waals surface area contributed by atoms with Gasteiger partial charge in [0.2, 0.25) is 0 Å². The highest BCUT2D eigenvalue weighted by Gasteiger charge is 2.41. The SMILES string of the molecule is COc1cc2c(cc1C#N)-c1c(c(C(=O)N3CCOCC3(C)C)nn1-c1ccsc1)CO2.COc1cc2c(cc1CN)-c1c(c(C(=O)N3CCOCC3(C)C)nn1-c1ccsc1)CO2. The zero-order chi connectivity index (χ0) is 44.9. The number of nitrogens with zero attached hydrogens (tertiary/aromatic N) is 7. The van der Waals surface area contributed by atoms with Gasteiger partial charge in [0.15, 0.2) is 11.4 Å². The van der Waals surface area contributed by atoms with Gasteiger partial charge >= 0.3 is 0 Å². The molecule has 0 unspecified atom stereocenters. The number of aromatic nitrogens is 4. The molecule has 0 atom stereocenters. The summed E-state index contributed by atoms with van der Waals surface area (Å²) in [6, 6.07) is 13.4. The van der Waals surface area contributed by atoms with E-state index in [-0.39, 0.29) is 25.0 Å². The molecule has 10 rings (SSSR count). The number of hydrogen-bond acceptors (Lipinski definition) is 14. The highest BCUT2D eigenvalue weighted by molar-refractivity contribution is 7.08. The lowest BCUT2D eigenvalue weighted by Gasteiger charge is -2.41. The van der Waals surface area contributed by atoms with Gasteiger partial charge in [0.25, 0.3) is 11.8 Å². The second kappa shape index (κ2) is 17.0. The van der Waals surface area contributed by atoms with Crippen molar-refractivity contribution in [3.63, 3.8) is 0 Å². The predicted molar refractivity (Wildman–Crippen MR) is 240 cm³/mol. The number of carbonyl (C=O) groups excluding carboxylic acids is 2. The van der Waals surface area contributed by atoms with Crippen molar-refractivity contribution in [2.24, 2.45) is 5.73 Å². The Hall–Kier alpha value is -6.23. The highest BCUT2D eigenvalue weighted by atomic mass is 32.1. The lowest BCUT2D eigenvalue weighted by atomic mass is 9.97. The summed E-state index contributed by atoms with van der Waals surface area (Å²) in [6.07, 6.45) is 0. The Kier molecular flexibility index (Phi) is 11.5. The van der Waals surface area contributed by atoms with Crippen molar-refractivity contribution < 1.29 is 38.0 Å². The molecular formula is C46H48N8O8S2. The van der Waals surface area contributed by atoms with Crippen LogP contribution >= 0.6 is 22.7 Å². The van der Waals surface area contributed by atoms with Crippen LogP contribution in [0.4, 0.5) is 0 Å². The molecule has 4 aliphatic rings. The minimum Gasteiger partial charge on any atom is -0.496 e. The molecule has 4 aliphatic heterocycles. The number of ether oxygens (including phenoxy) is 6. The summed E-state index contributed by atoms with van der Waals surface area (Å²) in [7, 11) is 3.14. The molecule has 64 heavy (non-hydrogen) atoms. The molecule has 4 aromatic heterocycles. The van der Waals surface area contributed by atoms with Crippen molar-refractivity contribution in [3.05, 3.63) is 91.6 Å². The van der Waals surface area contributed by atoms with Gasteiger partial charge in [0.05, 0.1) is 80.1 Å². The van der Waals surface area contributed by atoms with Crippen LogP contribution in [0.5, 0.6) is 23.0 Å². The van der Waals surface area contributed by atoms with E-state index in [1.165, 1.54) is 7.11 Å². The molecule has 18 heteroatoms. The van der Waals surface area contributed by atoms with Crippen LogP contribution in [0.1, 0.15) is 70.9 Å². The number of hydrogen-bond donors (Lipinski definition) is 1. The van der Waals surface area contributed by atoms with Crippen molar-refractivity contribution in [2.45, 2.75) is 58.5 Å². The molecule has 0 spiro atoms. The van der Waals surface area contributed by atoms with Crippen molar-refractivity contribution in [3.8, 4) is 63.0 Å².